The minimum Gasteiger partial charge on any atom is -0.497 e. The summed E-state index contributed by atoms with van der Waals surface area (Å²) < 4.78 is 10.9. The first-order valence-electron chi connectivity index (χ1n) is 9.66. The number of hydroxylamine groups is 2. The Balaban J connectivity index is 1.59. The third-order valence-corrected chi connectivity index (χ3v) is 5.88. The molecule has 0 N–H and O–H groups in total. The molecule has 5 heteroatoms. The summed E-state index contributed by atoms with van der Waals surface area (Å²) >= 11 is 0. The summed E-state index contributed by atoms with van der Waals surface area (Å²) in [5, 5.41) is 1.35. The molecule has 0 spiro atoms. The maximum Gasteiger partial charge on any atom is 0.234 e. The predicted molar refractivity (Wildman–Crippen MR) is 111 cm³/mol. The zero-order valence-electron chi connectivity index (χ0n) is 16.9. The molecule has 1 amide bonds. The van der Waals surface area contributed by atoms with Crippen molar-refractivity contribution in [1.82, 2.24) is 5.06 Å². The van der Waals surface area contributed by atoms with E-state index in [1.54, 1.807) is 14.2 Å². The summed E-state index contributed by atoms with van der Waals surface area (Å²) in [4.78, 5) is 18.1. The fourth-order valence-electron chi connectivity index (χ4n) is 4.24. The van der Waals surface area contributed by atoms with Gasteiger partial charge in [0.15, 0.2) is 0 Å². The third kappa shape index (κ3) is 3.26. The first kappa shape index (κ1) is 19.4. The Morgan fingerprint density at radius 1 is 1.03 bits per heavy atom. The molecule has 0 saturated carbocycles. The Kier molecular flexibility index (Phi) is 5.26. The molecule has 0 radical (unpaired) electrons. The first-order valence-corrected chi connectivity index (χ1v) is 9.66. The van der Waals surface area contributed by atoms with Crippen molar-refractivity contribution in [2.24, 2.45) is 0 Å². The minimum atomic E-state index is -0.782. The number of amides is 1. The van der Waals surface area contributed by atoms with Crippen molar-refractivity contribution in [3.05, 3.63) is 83.6 Å². The van der Waals surface area contributed by atoms with Crippen LogP contribution in [-0.4, -0.2) is 43.9 Å². The molecule has 2 aliphatic rings. The SMILES string of the molecule is COC1=CC(OC)C(C)(N(C=O)OCC2c3ccccc3-c3ccccc32)C=C1. The van der Waals surface area contributed by atoms with E-state index < -0.39 is 11.6 Å². The molecular weight excluding hydrogens is 366 g/mol. The second kappa shape index (κ2) is 7.85. The molecular formula is C24H25NO4. The zero-order valence-corrected chi connectivity index (χ0v) is 16.9. The fraction of sp³-hybridized carbons (Fsp3) is 0.292. The molecule has 0 aromatic heterocycles. The highest BCUT2D eigenvalue weighted by Gasteiger charge is 2.41. The molecule has 0 bridgehead atoms. The first-order chi connectivity index (χ1) is 14.1. The predicted octanol–water partition coefficient (Wildman–Crippen LogP) is 4.06. The van der Waals surface area contributed by atoms with E-state index in [1.165, 1.54) is 27.3 Å². The van der Waals surface area contributed by atoms with Crippen LogP contribution in [0.4, 0.5) is 0 Å². The van der Waals surface area contributed by atoms with E-state index in [0.717, 1.165) is 6.41 Å². The number of carbonyl (C=O) groups excluding carboxylic acids is 1. The number of ether oxygens (including phenoxy) is 2. The van der Waals surface area contributed by atoms with Gasteiger partial charge in [0.25, 0.3) is 0 Å². The Hall–Kier alpha value is -2.89. The van der Waals surface area contributed by atoms with Crippen molar-refractivity contribution in [2.75, 3.05) is 20.8 Å². The monoisotopic (exact) mass is 391 g/mol. The molecule has 0 heterocycles. The number of benzene rings is 2. The lowest BCUT2D eigenvalue weighted by Gasteiger charge is -2.41. The van der Waals surface area contributed by atoms with Gasteiger partial charge in [0.05, 0.1) is 13.7 Å². The highest BCUT2D eigenvalue weighted by atomic mass is 16.7. The van der Waals surface area contributed by atoms with Crippen LogP contribution in [-0.2, 0) is 19.1 Å². The van der Waals surface area contributed by atoms with Gasteiger partial charge in [-0.25, -0.2) is 5.06 Å². The lowest BCUT2D eigenvalue weighted by atomic mass is 9.89. The summed E-state index contributed by atoms with van der Waals surface area (Å²) in [5.41, 5.74) is 4.10. The molecule has 29 heavy (non-hydrogen) atoms. The molecule has 2 aromatic carbocycles. The van der Waals surface area contributed by atoms with Crippen molar-refractivity contribution >= 4 is 6.41 Å². The number of nitrogens with zero attached hydrogens (tertiary/aromatic N) is 1. The largest absolute Gasteiger partial charge is 0.497 e. The van der Waals surface area contributed by atoms with Gasteiger partial charge < -0.3 is 9.47 Å². The summed E-state index contributed by atoms with van der Waals surface area (Å²) in [7, 11) is 3.22. The molecule has 0 aliphatic heterocycles. The van der Waals surface area contributed by atoms with E-state index in [2.05, 4.69) is 24.3 Å². The average Bonchev–Trinajstić information content (AvgIpc) is 3.08. The van der Waals surface area contributed by atoms with Crippen LogP contribution in [0.3, 0.4) is 0 Å². The van der Waals surface area contributed by atoms with E-state index in [0.29, 0.717) is 12.4 Å². The van der Waals surface area contributed by atoms with Crippen LogP contribution in [0.2, 0.25) is 0 Å². The Bertz CT molecular complexity index is 921. The van der Waals surface area contributed by atoms with Crippen LogP contribution >= 0.6 is 0 Å². The van der Waals surface area contributed by atoms with Gasteiger partial charge in [0, 0.05) is 13.0 Å². The standard InChI is InChI=1S/C24H25NO4/c1-24(13-12-17(27-2)14-23(24)28-3)25(16-26)29-15-22-20-10-6-4-8-18(20)19-9-5-7-11-21(19)22/h4-14,16,22-23H,15H2,1-3H3. The second-order valence-corrected chi connectivity index (χ2v) is 7.44. The molecule has 2 aromatic rings. The maximum absolute atomic E-state index is 12.0. The van der Waals surface area contributed by atoms with Gasteiger partial charge >= 0.3 is 0 Å². The smallest absolute Gasteiger partial charge is 0.234 e. The lowest BCUT2D eigenvalue weighted by molar-refractivity contribution is -0.213. The van der Waals surface area contributed by atoms with Gasteiger partial charge in [0.1, 0.15) is 17.4 Å². The summed E-state index contributed by atoms with van der Waals surface area (Å²) in [6, 6.07) is 16.7. The third-order valence-electron chi connectivity index (χ3n) is 5.88. The van der Waals surface area contributed by atoms with Crippen molar-refractivity contribution < 1.29 is 19.1 Å². The van der Waals surface area contributed by atoms with E-state index >= 15 is 0 Å². The van der Waals surface area contributed by atoms with Crippen LogP contribution < -0.4 is 0 Å². The van der Waals surface area contributed by atoms with E-state index in [9.17, 15) is 4.79 Å². The number of carbonyl (C=O) groups is 1. The fourth-order valence-corrected chi connectivity index (χ4v) is 4.24. The number of methoxy groups -OCH3 is 2. The van der Waals surface area contributed by atoms with E-state index in [4.69, 9.17) is 14.3 Å². The van der Waals surface area contributed by atoms with Crippen LogP contribution in [0.1, 0.15) is 24.0 Å². The molecule has 0 fully saturated rings. The second-order valence-electron chi connectivity index (χ2n) is 7.44. The highest BCUT2D eigenvalue weighted by Crippen LogP contribution is 2.44. The molecule has 5 nitrogen and oxygen atoms in total. The number of hydrogen-bond donors (Lipinski definition) is 0. The lowest BCUT2D eigenvalue weighted by Crippen LogP contribution is -2.54. The van der Waals surface area contributed by atoms with Gasteiger partial charge in [-0.3, -0.25) is 9.63 Å². The highest BCUT2D eigenvalue weighted by molar-refractivity contribution is 5.78. The van der Waals surface area contributed by atoms with Crippen LogP contribution in [0, 0.1) is 0 Å². The number of fused-ring (bicyclic) bond motifs is 3. The van der Waals surface area contributed by atoms with Gasteiger partial charge in [-0.15, -0.1) is 0 Å². The summed E-state index contributed by atoms with van der Waals surface area (Å²) in [6.45, 7) is 2.26. The zero-order chi connectivity index (χ0) is 20.4. The van der Waals surface area contributed by atoms with Gasteiger partial charge in [-0.1, -0.05) is 54.6 Å². The van der Waals surface area contributed by atoms with Crippen molar-refractivity contribution in [3.8, 4) is 11.1 Å². The van der Waals surface area contributed by atoms with Gasteiger partial charge in [-0.05, 0) is 41.3 Å². The Morgan fingerprint density at radius 2 is 1.66 bits per heavy atom. The molecule has 2 atom stereocenters. The van der Waals surface area contributed by atoms with Crippen molar-refractivity contribution in [3.63, 3.8) is 0 Å². The Morgan fingerprint density at radius 3 is 2.21 bits per heavy atom. The minimum absolute atomic E-state index is 0.0621. The normalized spacial score (nSPS) is 22.6. The number of hydrogen-bond acceptors (Lipinski definition) is 4. The maximum atomic E-state index is 12.0. The quantitative estimate of drug-likeness (QED) is 0.527. The molecule has 0 saturated heterocycles. The molecule has 2 unspecified atom stereocenters. The summed E-state index contributed by atoms with van der Waals surface area (Å²) in [5.74, 6) is 0.755. The van der Waals surface area contributed by atoms with Gasteiger partial charge in [-0.2, -0.15) is 0 Å². The molecule has 150 valence electrons. The molecule has 2 aliphatic carbocycles. The Labute approximate surface area is 171 Å². The van der Waals surface area contributed by atoms with Gasteiger partial charge in [0.2, 0.25) is 6.41 Å². The number of allylic oxidation sites excluding steroid dienone is 1. The van der Waals surface area contributed by atoms with Crippen molar-refractivity contribution in [1.29, 1.82) is 0 Å². The molecule has 4 rings (SSSR count). The van der Waals surface area contributed by atoms with E-state index in [1.807, 2.05) is 49.4 Å². The van der Waals surface area contributed by atoms with Crippen LogP contribution in [0.15, 0.2) is 72.5 Å². The van der Waals surface area contributed by atoms with E-state index in [-0.39, 0.29) is 5.92 Å². The average molecular weight is 391 g/mol. The number of rotatable bonds is 7. The topological polar surface area (TPSA) is 48.0 Å². The van der Waals surface area contributed by atoms with Crippen LogP contribution in [0.25, 0.3) is 11.1 Å². The van der Waals surface area contributed by atoms with Crippen LogP contribution in [0.5, 0.6) is 0 Å². The summed E-state index contributed by atoms with van der Waals surface area (Å²) in [6.07, 6.45) is 5.88. The van der Waals surface area contributed by atoms with Crippen molar-refractivity contribution in [2.45, 2.75) is 24.5 Å².